The zero-order valence-corrected chi connectivity index (χ0v) is 14.3. The quantitative estimate of drug-likeness (QED) is 0.784. The van der Waals surface area contributed by atoms with Crippen molar-refractivity contribution >= 4 is 5.91 Å². The van der Waals surface area contributed by atoms with Gasteiger partial charge in [-0.1, -0.05) is 24.8 Å². The summed E-state index contributed by atoms with van der Waals surface area (Å²) in [6, 6.07) is 14.0. The van der Waals surface area contributed by atoms with Crippen molar-refractivity contribution in [1.82, 2.24) is 5.32 Å². The average molecular weight is 336 g/mol. The zero-order chi connectivity index (χ0) is 18.2. The SMILES string of the molecule is C=CCOc1ccc(C(=O)NC(C)c2ccc(C#N)cc2)cc1OC. The number of nitrogens with one attached hydrogen (secondary N) is 1. The molecule has 1 N–H and O–H groups in total. The second-order valence-electron chi connectivity index (χ2n) is 5.39. The third-order valence-corrected chi connectivity index (χ3v) is 3.67. The Labute approximate surface area is 147 Å². The van der Waals surface area contributed by atoms with E-state index in [-0.39, 0.29) is 11.9 Å². The molecule has 0 saturated heterocycles. The lowest BCUT2D eigenvalue weighted by atomic mass is 10.1. The Morgan fingerprint density at radius 1 is 1.28 bits per heavy atom. The lowest BCUT2D eigenvalue weighted by Gasteiger charge is -2.16. The molecule has 1 unspecified atom stereocenters. The van der Waals surface area contributed by atoms with Gasteiger partial charge in [0.1, 0.15) is 6.61 Å². The van der Waals surface area contributed by atoms with Crippen LogP contribution in [0, 0.1) is 11.3 Å². The summed E-state index contributed by atoms with van der Waals surface area (Å²) in [4.78, 5) is 12.5. The normalized spacial score (nSPS) is 11.1. The smallest absolute Gasteiger partial charge is 0.251 e. The Morgan fingerprint density at radius 2 is 2.00 bits per heavy atom. The van der Waals surface area contributed by atoms with Gasteiger partial charge < -0.3 is 14.8 Å². The van der Waals surface area contributed by atoms with Crippen LogP contribution in [0.4, 0.5) is 0 Å². The maximum atomic E-state index is 12.5. The molecule has 0 bridgehead atoms. The molecule has 128 valence electrons. The van der Waals surface area contributed by atoms with Gasteiger partial charge in [-0.05, 0) is 42.8 Å². The molecule has 2 aromatic carbocycles. The summed E-state index contributed by atoms with van der Waals surface area (Å²) < 4.78 is 10.8. The number of nitrogens with zero attached hydrogens (tertiary/aromatic N) is 1. The summed E-state index contributed by atoms with van der Waals surface area (Å²) in [5.74, 6) is 0.824. The zero-order valence-electron chi connectivity index (χ0n) is 14.3. The summed E-state index contributed by atoms with van der Waals surface area (Å²) in [7, 11) is 1.52. The molecular formula is C20H20N2O3. The molecule has 0 spiro atoms. The first-order valence-corrected chi connectivity index (χ1v) is 7.81. The van der Waals surface area contributed by atoms with Gasteiger partial charge in [0.15, 0.2) is 11.5 Å². The van der Waals surface area contributed by atoms with Gasteiger partial charge in [-0.15, -0.1) is 0 Å². The molecule has 5 heteroatoms. The van der Waals surface area contributed by atoms with Crippen molar-refractivity contribution in [2.45, 2.75) is 13.0 Å². The predicted molar refractivity (Wildman–Crippen MR) is 95.7 cm³/mol. The third kappa shape index (κ3) is 4.61. The van der Waals surface area contributed by atoms with Gasteiger partial charge in [-0.3, -0.25) is 4.79 Å². The van der Waals surface area contributed by atoms with Gasteiger partial charge in [0.2, 0.25) is 0 Å². The van der Waals surface area contributed by atoms with Gasteiger partial charge in [-0.2, -0.15) is 5.26 Å². The number of methoxy groups -OCH3 is 1. The van der Waals surface area contributed by atoms with Gasteiger partial charge in [0.25, 0.3) is 5.91 Å². The van der Waals surface area contributed by atoms with Crippen LogP contribution in [-0.2, 0) is 0 Å². The lowest BCUT2D eigenvalue weighted by molar-refractivity contribution is 0.0939. The van der Waals surface area contributed by atoms with Crippen LogP contribution in [0.25, 0.3) is 0 Å². The first-order chi connectivity index (χ1) is 12.1. The predicted octanol–water partition coefficient (Wildman–Crippen LogP) is 3.62. The van der Waals surface area contributed by atoms with Gasteiger partial charge in [-0.25, -0.2) is 0 Å². The lowest BCUT2D eigenvalue weighted by Crippen LogP contribution is -2.26. The fraction of sp³-hybridized carbons (Fsp3) is 0.200. The number of amides is 1. The largest absolute Gasteiger partial charge is 0.493 e. The minimum atomic E-state index is -0.217. The van der Waals surface area contributed by atoms with E-state index in [1.165, 1.54) is 7.11 Å². The summed E-state index contributed by atoms with van der Waals surface area (Å²) in [6.45, 7) is 5.85. The minimum absolute atomic E-state index is 0.192. The van der Waals surface area contributed by atoms with Crippen LogP contribution in [0.3, 0.4) is 0 Å². The average Bonchev–Trinajstić information content (AvgIpc) is 2.66. The Hall–Kier alpha value is -3.26. The van der Waals surface area contributed by atoms with E-state index in [1.807, 2.05) is 19.1 Å². The highest BCUT2D eigenvalue weighted by atomic mass is 16.5. The molecule has 0 aromatic heterocycles. The molecule has 0 saturated carbocycles. The number of rotatable bonds is 7. The fourth-order valence-corrected chi connectivity index (χ4v) is 2.29. The Bertz CT molecular complexity index is 792. The van der Waals surface area contributed by atoms with Gasteiger partial charge >= 0.3 is 0 Å². The van der Waals surface area contributed by atoms with Crippen molar-refractivity contribution in [1.29, 1.82) is 5.26 Å². The maximum absolute atomic E-state index is 12.5. The summed E-state index contributed by atoms with van der Waals surface area (Å²) in [5.41, 5.74) is 1.98. The molecule has 0 fully saturated rings. The molecule has 5 nitrogen and oxygen atoms in total. The van der Waals surface area contributed by atoms with Crippen molar-refractivity contribution in [2.75, 3.05) is 13.7 Å². The van der Waals surface area contributed by atoms with Crippen LogP contribution < -0.4 is 14.8 Å². The number of carbonyl (C=O) groups excluding carboxylic acids is 1. The van der Waals surface area contributed by atoms with E-state index in [1.54, 1.807) is 36.4 Å². The van der Waals surface area contributed by atoms with Crippen LogP contribution in [-0.4, -0.2) is 19.6 Å². The number of carbonyl (C=O) groups is 1. The molecule has 25 heavy (non-hydrogen) atoms. The Kier molecular flexibility index (Phi) is 6.19. The van der Waals surface area contributed by atoms with Crippen molar-refractivity contribution in [3.8, 4) is 17.6 Å². The topological polar surface area (TPSA) is 71.3 Å². The molecule has 0 aliphatic heterocycles. The number of nitriles is 1. The Balaban J connectivity index is 2.11. The minimum Gasteiger partial charge on any atom is -0.493 e. The van der Waals surface area contributed by atoms with E-state index >= 15 is 0 Å². The molecular weight excluding hydrogens is 316 g/mol. The van der Waals surface area contributed by atoms with E-state index in [2.05, 4.69) is 18.0 Å². The maximum Gasteiger partial charge on any atom is 0.251 e. The van der Waals surface area contributed by atoms with Crippen molar-refractivity contribution in [3.05, 3.63) is 71.8 Å². The highest BCUT2D eigenvalue weighted by molar-refractivity contribution is 5.95. The summed E-state index contributed by atoms with van der Waals surface area (Å²) >= 11 is 0. The highest BCUT2D eigenvalue weighted by Crippen LogP contribution is 2.28. The number of hydrogen-bond donors (Lipinski definition) is 1. The number of hydrogen-bond acceptors (Lipinski definition) is 4. The molecule has 2 aromatic rings. The molecule has 0 heterocycles. The summed E-state index contributed by atoms with van der Waals surface area (Å²) in [5, 5.41) is 11.8. The molecule has 1 atom stereocenters. The van der Waals surface area contributed by atoms with Gasteiger partial charge in [0, 0.05) is 5.56 Å². The van der Waals surface area contributed by atoms with Crippen LogP contribution in [0.5, 0.6) is 11.5 Å². The summed E-state index contributed by atoms with van der Waals surface area (Å²) in [6.07, 6.45) is 1.64. The second kappa shape index (κ2) is 8.55. The Morgan fingerprint density at radius 3 is 2.60 bits per heavy atom. The molecule has 0 radical (unpaired) electrons. The van der Waals surface area contributed by atoms with E-state index in [0.29, 0.717) is 29.2 Å². The van der Waals surface area contributed by atoms with Crippen molar-refractivity contribution in [3.63, 3.8) is 0 Å². The number of benzene rings is 2. The van der Waals surface area contributed by atoms with E-state index in [4.69, 9.17) is 14.7 Å². The van der Waals surface area contributed by atoms with Crippen LogP contribution in [0.1, 0.15) is 34.5 Å². The molecule has 2 rings (SSSR count). The monoisotopic (exact) mass is 336 g/mol. The molecule has 1 amide bonds. The first-order valence-electron chi connectivity index (χ1n) is 7.81. The second-order valence-corrected chi connectivity index (χ2v) is 5.39. The standard InChI is InChI=1S/C20H20N2O3/c1-4-11-25-18-10-9-17(12-19(18)24-3)20(23)22-14(2)16-7-5-15(13-21)6-8-16/h4-10,12,14H,1,11H2,2-3H3,(H,22,23). The third-order valence-electron chi connectivity index (χ3n) is 3.67. The van der Waals surface area contributed by atoms with Gasteiger partial charge in [0.05, 0.1) is 24.8 Å². The van der Waals surface area contributed by atoms with Crippen molar-refractivity contribution in [2.24, 2.45) is 0 Å². The van der Waals surface area contributed by atoms with Crippen LogP contribution in [0.15, 0.2) is 55.1 Å². The highest BCUT2D eigenvalue weighted by Gasteiger charge is 2.14. The van der Waals surface area contributed by atoms with E-state index < -0.39 is 0 Å². The number of ether oxygens (including phenoxy) is 2. The molecule has 0 aliphatic rings. The van der Waals surface area contributed by atoms with E-state index in [9.17, 15) is 4.79 Å². The fourth-order valence-electron chi connectivity index (χ4n) is 2.29. The van der Waals surface area contributed by atoms with Crippen LogP contribution >= 0.6 is 0 Å². The van der Waals surface area contributed by atoms with Crippen molar-refractivity contribution < 1.29 is 14.3 Å². The van der Waals surface area contributed by atoms with E-state index in [0.717, 1.165) is 5.56 Å². The molecule has 0 aliphatic carbocycles. The first kappa shape index (κ1) is 18.1. The van der Waals surface area contributed by atoms with Crippen LogP contribution in [0.2, 0.25) is 0 Å².